The molecule has 0 bridgehead atoms. The van der Waals surface area contributed by atoms with E-state index in [-0.39, 0.29) is 15.9 Å². The third kappa shape index (κ3) is 4.82. The van der Waals surface area contributed by atoms with Crippen LogP contribution in [0.3, 0.4) is 0 Å². The summed E-state index contributed by atoms with van der Waals surface area (Å²) in [6.07, 6.45) is 10.3. The first kappa shape index (κ1) is 21.4. The molecule has 0 spiro atoms. The zero-order valence-corrected chi connectivity index (χ0v) is 20.1. The van der Waals surface area contributed by atoms with Gasteiger partial charge in [-0.1, -0.05) is 57.9 Å². The lowest BCUT2D eigenvalue weighted by Crippen LogP contribution is -2.53. The van der Waals surface area contributed by atoms with Crippen molar-refractivity contribution in [2.75, 3.05) is 6.54 Å². The zero-order chi connectivity index (χ0) is 20.3. The molecule has 3 rings (SSSR count). The summed E-state index contributed by atoms with van der Waals surface area (Å²) in [6.45, 7) is 4.55. The highest BCUT2D eigenvalue weighted by Crippen LogP contribution is 2.29. The second-order valence-corrected chi connectivity index (χ2v) is 9.36. The van der Waals surface area contributed by atoms with E-state index < -0.39 is 6.09 Å². The number of nitrogens with zero attached hydrogens (tertiary/aromatic N) is 4. The van der Waals surface area contributed by atoms with Crippen LogP contribution in [0.2, 0.25) is 0 Å². The Kier molecular flexibility index (Phi) is 7.26. The van der Waals surface area contributed by atoms with Crippen LogP contribution in [0.15, 0.2) is 41.1 Å². The minimum absolute atomic E-state index is 0.0479. The summed E-state index contributed by atoms with van der Waals surface area (Å²) in [5.74, 6) is 0.0479. The average molecular weight is 578 g/mol. The molecular weight excluding hydrogens is 557 g/mol. The molecule has 1 aromatic rings. The molecule has 1 aliphatic heterocycles. The van der Waals surface area contributed by atoms with Crippen LogP contribution in [0.1, 0.15) is 26.7 Å². The molecule has 1 aliphatic carbocycles. The Balaban J connectivity index is 1.81. The molecule has 1 amide bonds. The molecule has 10 heteroatoms. The molecule has 1 saturated heterocycles. The van der Waals surface area contributed by atoms with E-state index >= 15 is 0 Å². The number of carbonyl (C=O) groups excluding carboxylic acids is 1. The van der Waals surface area contributed by atoms with Gasteiger partial charge in [-0.3, -0.25) is 4.90 Å². The number of ether oxygens (including phenoxy) is 1. The van der Waals surface area contributed by atoms with Gasteiger partial charge in [0.2, 0.25) is 0 Å². The zero-order valence-electron chi connectivity index (χ0n) is 15.5. The lowest BCUT2D eigenvalue weighted by atomic mass is 9.96. The number of hydrogen-bond donors (Lipinski definition) is 1. The maximum atomic E-state index is 12.5. The monoisotopic (exact) mass is 577 g/mol. The number of hydrogen-bond acceptors (Lipinski definition) is 5. The molecule has 2 unspecified atom stereocenters. The van der Waals surface area contributed by atoms with Gasteiger partial charge < -0.3 is 10.1 Å². The molecule has 1 N–H and O–H groups in total. The van der Waals surface area contributed by atoms with Crippen LogP contribution in [0, 0.1) is 5.92 Å². The Morgan fingerprint density at radius 1 is 1.57 bits per heavy atom. The Morgan fingerprint density at radius 2 is 2.36 bits per heavy atom. The van der Waals surface area contributed by atoms with E-state index in [1.54, 1.807) is 11.0 Å². The summed E-state index contributed by atoms with van der Waals surface area (Å²) in [7, 11) is 0. The van der Waals surface area contributed by atoms with Crippen LogP contribution in [0.4, 0.5) is 4.79 Å². The second kappa shape index (κ2) is 9.49. The fourth-order valence-electron chi connectivity index (χ4n) is 3.08. The normalized spacial score (nSPS) is 23.4. The van der Waals surface area contributed by atoms with Gasteiger partial charge in [0.15, 0.2) is 5.11 Å². The molecule has 0 radical (unpaired) electrons. The van der Waals surface area contributed by atoms with Gasteiger partial charge in [0.1, 0.15) is 18.8 Å². The maximum absolute atomic E-state index is 12.5. The Labute approximate surface area is 191 Å². The number of rotatable bonds is 5. The smallest absolute Gasteiger partial charge is 0.416 e. The summed E-state index contributed by atoms with van der Waals surface area (Å²) < 4.78 is 8.41. The Morgan fingerprint density at radius 3 is 3.04 bits per heavy atom. The predicted molar refractivity (Wildman–Crippen MR) is 124 cm³/mol. The minimum Gasteiger partial charge on any atom is -0.441 e. The SMILES string of the molecule is CCCC(I)/C(NC(=S)N1C[C@@H]2C=C(Br)C=CC2OC1=O)=C(/C)n1cncn1. The number of amides is 1. The molecule has 2 heterocycles. The van der Waals surface area contributed by atoms with Gasteiger partial charge >= 0.3 is 6.09 Å². The van der Waals surface area contributed by atoms with Crippen LogP contribution >= 0.6 is 50.7 Å². The number of allylic oxidation sites excluding steroid dienone is 4. The van der Waals surface area contributed by atoms with Crippen molar-refractivity contribution in [3.63, 3.8) is 0 Å². The fourth-order valence-corrected chi connectivity index (χ4v) is 5.06. The van der Waals surface area contributed by atoms with Gasteiger partial charge in [-0.15, -0.1) is 0 Å². The number of alkyl halides is 1. The quantitative estimate of drug-likeness (QED) is 0.321. The van der Waals surface area contributed by atoms with Gasteiger partial charge in [0.25, 0.3) is 0 Å². The number of carbonyl (C=O) groups is 1. The van der Waals surface area contributed by atoms with Crippen molar-refractivity contribution in [2.24, 2.45) is 5.92 Å². The van der Waals surface area contributed by atoms with Crippen molar-refractivity contribution in [2.45, 2.75) is 36.7 Å². The van der Waals surface area contributed by atoms with Crippen molar-refractivity contribution < 1.29 is 9.53 Å². The summed E-state index contributed by atoms with van der Waals surface area (Å²) in [5.41, 5.74) is 1.80. The van der Waals surface area contributed by atoms with E-state index in [2.05, 4.69) is 60.8 Å². The molecule has 28 heavy (non-hydrogen) atoms. The van der Waals surface area contributed by atoms with Crippen LogP contribution in [0.5, 0.6) is 0 Å². The number of fused-ring (bicyclic) bond motifs is 1. The lowest BCUT2D eigenvalue weighted by molar-refractivity contribution is 0.0443. The van der Waals surface area contributed by atoms with Crippen molar-refractivity contribution in [1.82, 2.24) is 25.0 Å². The third-order valence-corrected chi connectivity index (χ3v) is 6.68. The second-order valence-electron chi connectivity index (χ2n) is 6.56. The third-order valence-electron chi connectivity index (χ3n) is 4.59. The van der Waals surface area contributed by atoms with E-state index in [1.165, 1.54) is 11.2 Å². The topological polar surface area (TPSA) is 72.3 Å². The molecule has 1 fully saturated rings. The highest BCUT2D eigenvalue weighted by atomic mass is 127. The van der Waals surface area contributed by atoms with Gasteiger partial charge in [-0.05, 0) is 37.7 Å². The first-order valence-corrected chi connectivity index (χ1v) is 11.4. The molecule has 7 nitrogen and oxygen atoms in total. The fraction of sp³-hybridized carbons (Fsp3) is 0.444. The largest absolute Gasteiger partial charge is 0.441 e. The average Bonchev–Trinajstić information content (AvgIpc) is 3.20. The van der Waals surface area contributed by atoms with E-state index in [9.17, 15) is 4.79 Å². The summed E-state index contributed by atoms with van der Waals surface area (Å²) in [5, 5.41) is 7.83. The maximum Gasteiger partial charge on any atom is 0.416 e. The summed E-state index contributed by atoms with van der Waals surface area (Å²) in [4.78, 5) is 18.0. The van der Waals surface area contributed by atoms with Crippen molar-refractivity contribution in [3.8, 4) is 0 Å². The molecular formula is C18H21BrIN5O2S. The van der Waals surface area contributed by atoms with Crippen LogP contribution in [-0.2, 0) is 4.74 Å². The first-order chi connectivity index (χ1) is 13.4. The Bertz CT molecular complexity index is 839. The molecule has 3 atom stereocenters. The Hall–Kier alpha value is -1.27. The van der Waals surface area contributed by atoms with E-state index in [1.807, 2.05) is 25.2 Å². The molecule has 150 valence electrons. The standard InChI is InChI=1S/C18H21BrIN5O2S/c1-3-4-14(20)16(11(2)25-10-21-9-22-25)23-17(28)24-8-12-7-13(19)5-6-15(12)27-18(24)26/h5-7,9-10,12,14-15H,3-4,8H2,1-2H3,(H,23,28)/b16-11+/t12-,14?,15?/m0/s1. The highest BCUT2D eigenvalue weighted by molar-refractivity contribution is 14.1. The number of thiocarbonyl (C=S) groups is 1. The predicted octanol–water partition coefficient (Wildman–Crippen LogP) is 4.23. The van der Waals surface area contributed by atoms with Crippen molar-refractivity contribution in [3.05, 3.63) is 41.1 Å². The number of aromatic nitrogens is 3. The van der Waals surface area contributed by atoms with Crippen LogP contribution in [-0.4, -0.2) is 47.4 Å². The first-order valence-electron chi connectivity index (χ1n) is 8.95. The van der Waals surface area contributed by atoms with E-state index in [0.29, 0.717) is 11.7 Å². The van der Waals surface area contributed by atoms with Crippen LogP contribution in [0.25, 0.3) is 5.70 Å². The van der Waals surface area contributed by atoms with E-state index in [4.69, 9.17) is 17.0 Å². The van der Waals surface area contributed by atoms with Crippen molar-refractivity contribution in [1.29, 1.82) is 0 Å². The molecule has 0 saturated carbocycles. The van der Waals surface area contributed by atoms with Gasteiger partial charge in [-0.2, -0.15) is 5.10 Å². The lowest BCUT2D eigenvalue weighted by Gasteiger charge is -2.37. The molecule has 2 aliphatic rings. The highest BCUT2D eigenvalue weighted by Gasteiger charge is 2.37. The van der Waals surface area contributed by atoms with Gasteiger partial charge in [0, 0.05) is 16.9 Å². The summed E-state index contributed by atoms with van der Waals surface area (Å²) in [6, 6.07) is 0. The summed E-state index contributed by atoms with van der Waals surface area (Å²) >= 11 is 11.5. The van der Waals surface area contributed by atoms with Gasteiger partial charge in [-0.25, -0.2) is 14.5 Å². The number of halogens is 2. The van der Waals surface area contributed by atoms with Crippen LogP contribution < -0.4 is 5.32 Å². The molecule has 0 aromatic carbocycles. The molecule has 1 aromatic heterocycles. The van der Waals surface area contributed by atoms with Crippen molar-refractivity contribution >= 4 is 67.6 Å². The van der Waals surface area contributed by atoms with Gasteiger partial charge in [0.05, 0.1) is 15.3 Å². The minimum atomic E-state index is -0.437. The number of nitrogens with one attached hydrogen (secondary N) is 1. The van der Waals surface area contributed by atoms with E-state index in [0.717, 1.165) is 28.7 Å².